The third kappa shape index (κ3) is 3.86. The maximum absolute atomic E-state index is 14.0. The molecule has 3 nitrogen and oxygen atoms in total. The molecule has 1 saturated heterocycles. The zero-order chi connectivity index (χ0) is 21.8. The minimum Gasteiger partial charge on any atom is -0.432 e. The summed E-state index contributed by atoms with van der Waals surface area (Å²) in [6.45, 7) is 0. The van der Waals surface area contributed by atoms with Crippen LogP contribution in [0.15, 0.2) is 4.99 Å². The Morgan fingerprint density at radius 3 is 1.54 bits per heavy atom. The predicted octanol–water partition coefficient (Wildman–Crippen LogP) is 6.53. The number of nitrogens with zero attached hydrogens (tertiary/aromatic N) is 1. The molecule has 0 atom stereocenters. The Morgan fingerprint density at radius 1 is 0.750 bits per heavy atom. The van der Waals surface area contributed by atoms with Crippen molar-refractivity contribution in [3.8, 4) is 0 Å². The highest BCUT2D eigenvalue weighted by molar-refractivity contribution is 6.31. The van der Waals surface area contributed by atoms with E-state index in [9.17, 15) is 35.1 Å². The van der Waals surface area contributed by atoms with Crippen LogP contribution < -0.4 is 0 Å². The summed E-state index contributed by atoms with van der Waals surface area (Å²) in [5.74, 6) is -7.06. The van der Waals surface area contributed by atoms with Gasteiger partial charge in [0.1, 0.15) is 0 Å². The van der Waals surface area contributed by atoms with Gasteiger partial charge in [0.2, 0.25) is 5.90 Å². The van der Waals surface area contributed by atoms with Crippen molar-refractivity contribution in [2.45, 2.75) is 71.1 Å². The molecule has 15 heteroatoms. The third-order valence-corrected chi connectivity index (χ3v) is 5.29. The van der Waals surface area contributed by atoms with Crippen molar-refractivity contribution in [2.75, 3.05) is 0 Å². The Balaban J connectivity index is 2.76. The molecule has 1 aliphatic heterocycles. The van der Waals surface area contributed by atoms with E-state index in [1.165, 1.54) is 0 Å². The Morgan fingerprint density at radius 2 is 1.18 bits per heavy atom. The molecule has 0 spiro atoms. The molecule has 1 saturated carbocycles. The van der Waals surface area contributed by atoms with Crippen molar-refractivity contribution in [2.24, 2.45) is 4.99 Å². The fraction of sp³-hybridized carbons (Fsp3) is 0.923. The van der Waals surface area contributed by atoms with Gasteiger partial charge in [-0.05, 0) is 59.2 Å². The topological polar surface area (TPSA) is 30.8 Å². The van der Waals surface area contributed by atoms with Crippen LogP contribution in [0.5, 0.6) is 0 Å². The molecule has 28 heavy (non-hydrogen) atoms. The van der Waals surface area contributed by atoms with Gasteiger partial charge in [-0.1, -0.05) is 19.3 Å². The molecule has 0 aromatic heterocycles. The fourth-order valence-corrected chi connectivity index (χ4v) is 3.86. The molecule has 0 aromatic carbocycles. The molecular formula is C13H11Cl4F8NO2. The number of halogens is 12. The van der Waals surface area contributed by atoms with Crippen LogP contribution in [0, 0.1) is 0 Å². The molecular weight excluding hydrogens is 496 g/mol. The van der Waals surface area contributed by atoms with Gasteiger partial charge in [-0.15, -0.1) is 0 Å². The SMILES string of the molecule is FC(F)(Cl)C1(C(F)(F)Cl)OC(=NC2CCCCC2)C(C(F)(F)Cl)(C(F)(F)Cl)O1. The third-order valence-electron chi connectivity index (χ3n) is 4.26. The Hall–Kier alpha value is 0.0300. The minimum atomic E-state index is -5.39. The first kappa shape index (κ1) is 24.3. The second-order valence-corrected chi connectivity index (χ2v) is 8.12. The maximum atomic E-state index is 14.0. The molecule has 164 valence electrons. The van der Waals surface area contributed by atoms with Gasteiger partial charge in [-0.3, -0.25) is 4.74 Å². The van der Waals surface area contributed by atoms with E-state index in [1.54, 1.807) is 0 Å². The summed E-state index contributed by atoms with van der Waals surface area (Å²) in [6, 6.07) is -1.01. The lowest BCUT2D eigenvalue weighted by Gasteiger charge is -2.37. The Labute approximate surface area is 173 Å². The quantitative estimate of drug-likeness (QED) is 0.313. The highest BCUT2D eigenvalue weighted by Gasteiger charge is 2.88. The summed E-state index contributed by atoms with van der Waals surface area (Å²) in [5, 5.41) is -21.5. The molecule has 0 unspecified atom stereocenters. The lowest BCUT2D eigenvalue weighted by molar-refractivity contribution is -0.358. The van der Waals surface area contributed by atoms with Gasteiger partial charge in [0.05, 0.1) is 6.04 Å². The van der Waals surface area contributed by atoms with Gasteiger partial charge in [-0.25, -0.2) is 4.99 Å². The van der Waals surface area contributed by atoms with E-state index >= 15 is 0 Å². The summed E-state index contributed by atoms with van der Waals surface area (Å²) in [4.78, 5) is 3.40. The Bertz CT molecular complexity index is 592. The summed E-state index contributed by atoms with van der Waals surface area (Å²) in [5.41, 5.74) is -4.85. The number of hydrogen-bond acceptors (Lipinski definition) is 3. The van der Waals surface area contributed by atoms with E-state index in [0.717, 1.165) is 0 Å². The van der Waals surface area contributed by atoms with Crippen LogP contribution in [0.25, 0.3) is 0 Å². The molecule has 0 N–H and O–H groups in total. The summed E-state index contributed by atoms with van der Waals surface area (Å²) in [7, 11) is 0. The number of ether oxygens (including phenoxy) is 2. The predicted molar refractivity (Wildman–Crippen MR) is 85.1 cm³/mol. The van der Waals surface area contributed by atoms with E-state index in [2.05, 4.69) is 60.9 Å². The van der Waals surface area contributed by atoms with Crippen LogP contribution in [0.4, 0.5) is 35.1 Å². The monoisotopic (exact) mass is 505 g/mol. The molecule has 2 aliphatic rings. The largest absolute Gasteiger partial charge is 0.432 e. The highest BCUT2D eigenvalue weighted by atomic mass is 35.5. The number of rotatable bonds is 5. The summed E-state index contributed by atoms with van der Waals surface area (Å²) < 4.78 is 119. The first-order valence-electron chi connectivity index (χ1n) is 7.63. The van der Waals surface area contributed by atoms with Crippen LogP contribution in [0.3, 0.4) is 0 Å². The van der Waals surface area contributed by atoms with E-state index in [1.807, 2.05) is 0 Å². The molecule has 0 aromatic rings. The van der Waals surface area contributed by atoms with E-state index in [0.29, 0.717) is 19.3 Å². The van der Waals surface area contributed by atoms with Crippen LogP contribution in [0.1, 0.15) is 32.1 Å². The summed E-state index contributed by atoms with van der Waals surface area (Å²) >= 11 is 18.4. The van der Waals surface area contributed by atoms with Gasteiger partial charge < -0.3 is 4.74 Å². The first-order chi connectivity index (χ1) is 12.4. The van der Waals surface area contributed by atoms with Crippen molar-refractivity contribution < 1.29 is 44.6 Å². The van der Waals surface area contributed by atoms with Gasteiger partial charge in [0.15, 0.2) is 0 Å². The normalized spacial score (nSPS) is 25.8. The highest BCUT2D eigenvalue weighted by Crippen LogP contribution is 2.62. The van der Waals surface area contributed by atoms with E-state index in [4.69, 9.17) is 0 Å². The average molecular weight is 507 g/mol. The van der Waals surface area contributed by atoms with Crippen LogP contribution >= 0.6 is 46.4 Å². The molecule has 0 amide bonds. The summed E-state index contributed by atoms with van der Waals surface area (Å²) in [6.07, 6.45) is 1.95. The van der Waals surface area contributed by atoms with Gasteiger partial charge in [-0.2, -0.15) is 35.1 Å². The second kappa shape index (κ2) is 7.32. The molecule has 0 bridgehead atoms. The van der Waals surface area contributed by atoms with Crippen molar-refractivity contribution in [1.29, 1.82) is 0 Å². The molecule has 2 rings (SSSR count). The fourth-order valence-electron chi connectivity index (χ4n) is 2.89. The lowest BCUT2D eigenvalue weighted by atomic mass is 9.95. The first-order valence-corrected chi connectivity index (χ1v) is 9.14. The van der Waals surface area contributed by atoms with E-state index < -0.39 is 44.9 Å². The van der Waals surface area contributed by atoms with Crippen molar-refractivity contribution >= 4 is 52.3 Å². The second-order valence-electron chi connectivity index (χ2n) is 6.22. The van der Waals surface area contributed by atoms with Crippen molar-refractivity contribution in [1.82, 2.24) is 0 Å². The van der Waals surface area contributed by atoms with Crippen LogP contribution in [0.2, 0.25) is 0 Å². The van der Waals surface area contributed by atoms with Crippen molar-refractivity contribution in [3.63, 3.8) is 0 Å². The maximum Gasteiger partial charge on any atom is 0.393 e. The molecule has 1 heterocycles. The standard InChI is InChI=1S/C13H11Cl4F8NO2/c14-10(18,19)8(11(15,20)21)7(26-6-4-2-1-3-5-6)27-9(28-8,12(16,22)23)13(17,24)25/h6H,1-5H2. The lowest BCUT2D eigenvalue weighted by Crippen LogP contribution is -2.64. The van der Waals surface area contributed by atoms with E-state index in [-0.39, 0.29) is 12.8 Å². The van der Waals surface area contributed by atoms with Gasteiger partial charge >= 0.3 is 32.9 Å². The number of aliphatic imine (C=N–C) groups is 1. The van der Waals surface area contributed by atoms with Crippen LogP contribution in [-0.4, -0.2) is 44.9 Å². The molecule has 0 radical (unpaired) electrons. The average Bonchev–Trinajstić information content (AvgIpc) is 2.85. The number of alkyl halides is 12. The zero-order valence-corrected chi connectivity index (χ0v) is 16.4. The van der Waals surface area contributed by atoms with Crippen molar-refractivity contribution in [3.05, 3.63) is 0 Å². The Kier molecular flexibility index (Phi) is 6.35. The minimum absolute atomic E-state index is 0.145. The molecule has 2 fully saturated rings. The van der Waals surface area contributed by atoms with Gasteiger partial charge in [0.25, 0.3) is 0 Å². The van der Waals surface area contributed by atoms with Crippen LogP contribution in [-0.2, 0) is 9.47 Å². The molecule has 1 aliphatic carbocycles. The van der Waals surface area contributed by atoms with Gasteiger partial charge in [0, 0.05) is 0 Å². The zero-order valence-electron chi connectivity index (χ0n) is 13.4. The number of hydrogen-bond donors (Lipinski definition) is 0. The smallest absolute Gasteiger partial charge is 0.393 e.